The van der Waals surface area contributed by atoms with E-state index < -0.39 is 5.97 Å². The smallest absolute Gasteiger partial charge is 0.371 e. The molecule has 82 valence electrons. The van der Waals surface area contributed by atoms with Crippen molar-refractivity contribution in [1.29, 1.82) is 0 Å². The van der Waals surface area contributed by atoms with E-state index in [-0.39, 0.29) is 5.76 Å². The van der Waals surface area contributed by atoms with E-state index in [1.54, 1.807) is 24.3 Å². The molecule has 0 aliphatic carbocycles. The van der Waals surface area contributed by atoms with Crippen LogP contribution in [-0.2, 0) is 0 Å². The summed E-state index contributed by atoms with van der Waals surface area (Å²) in [5.41, 5.74) is 6.73. The minimum Gasteiger partial charge on any atom is -0.475 e. The Hall–Kier alpha value is -1.94. The number of furan rings is 1. The first-order chi connectivity index (χ1) is 7.58. The largest absolute Gasteiger partial charge is 0.475 e. The second kappa shape index (κ2) is 3.90. The molecule has 0 fully saturated rings. The summed E-state index contributed by atoms with van der Waals surface area (Å²) >= 11 is 5.96. The number of hydrogen-bond donors (Lipinski definition) is 2. The highest BCUT2D eigenvalue weighted by Gasteiger charge is 2.12. The lowest BCUT2D eigenvalue weighted by molar-refractivity contribution is 0.0663. The Morgan fingerprint density at radius 1 is 1.31 bits per heavy atom. The minimum atomic E-state index is -1.12. The van der Waals surface area contributed by atoms with Gasteiger partial charge in [-0.3, -0.25) is 0 Å². The highest BCUT2D eigenvalue weighted by atomic mass is 35.5. The van der Waals surface area contributed by atoms with Crippen molar-refractivity contribution < 1.29 is 14.3 Å². The van der Waals surface area contributed by atoms with E-state index in [9.17, 15) is 4.79 Å². The summed E-state index contributed by atoms with van der Waals surface area (Å²) in [5, 5.41) is 9.18. The first kappa shape index (κ1) is 10.6. The average Bonchev–Trinajstić information content (AvgIpc) is 2.70. The summed E-state index contributed by atoms with van der Waals surface area (Å²) < 4.78 is 5.13. The van der Waals surface area contributed by atoms with Gasteiger partial charge in [0.1, 0.15) is 5.76 Å². The summed E-state index contributed by atoms with van der Waals surface area (Å²) in [6.45, 7) is 0. The third-order valence-electron chi connectivity index (χ3n) is 2.07. The first-order valence-corrected chi connectivity index (χ1v) is 4.84. The molecule has 0 amide bonds. The number of hydrogen-bond acceptors (Lipinski definition) is 3. The van der Waals surface area contributed by atoms with Gasteiger partial charge in [0.25, 0.3) is 0 Å². The van der Waals surface area contributed by atoms with Gasteiger partial charge >= 0.3 is 5.97 Å². The van der Waals surface area contributed by atoms with Crippen molar-refractivity contribution >= 4 is 23.3 Å². The maximum Gasteiger partial charge on any atom is 0.371 e. The van der Waals surface area contributed by atoms with E-state index in [2.05, 4.69) is 0 Å². The van der Waals surface area contributed by atoms with Gasteiger partial charge in [0.05, 0.1) is 5.02 Å². The number of carbonyl (C=O) groups is 1. The number of carboxylic acids is 1. The van der Waals surface area contributed by atoms with E-state index in [1.807, 2.05) is 0 Å². The molecule has 1 aromatic carbocycles. The van der Waals surface area contributed by atoms with Crippen molar-refractivity contribution in [3.8, 4) is 11.3 Å². The summed E-state index contributed by atoms with van der Waals surface area (Å²) in [5.74, 6) is -0.866. The molecule has 4 nitrogen and oxygen atoms in total. The predicted octanol–water partition coefficient (Wildman–Crippen LogP) is 2.88. The topological polar surface area (TPSA) is 76.5 Å². The Kier molecular flexibility index (Phi) is 2.58. The van der Waals surface area contributed by atoms with Crippen LogP contribution in [0.5, 0.6) is 0 Å². The maximum absolute atomic E-state index is 10.6. The molecule has 0 saturated carbocycles. The van der Waals surface area contributed by atoms with Crippen LogP contribution < -0.4 is 5.73 Å². The molecule has 1 aromatic heterocycles. The summed E-state index contributed by atoms with van der Waals surface area (Å²) in [7, 11) is 0. The lowest BCUT2D eigenvalue weighted by Crippen LogP contribution is -1.91. The van der Waals surface area contributed by atoms with E-state index >= 15 is 0 Å². The zero-order valence-corrected chi connectivity index (χ0v) is 8.86. The fourth-order valence-corrected chi connectivity index (χ4v) is 1.54. The fraction of sp³-hybridized carbons (Fsp3) is 0. The first-order valence-electron chi connectivity index (χ1n) is 4.46. The minimum absolute atomic E-state index is 0.131. The zero-order chi connectivity index (χ0) is 11.7. The summed E-state index contributed by atoms with van der Waals surface area (Å²) in [4.78, 5) is 10.6. The van der Waals surface area contributed by atoms with Gasteiger partial charge in [0.2, 0.25) is 5.76 Å². The average molecular weight is 238 g/mol. The molecular weight excluding hydrogens is 230 g/mol. The van der Waals surface area contributed by atoms with Gasteiger partial charge in [-0.1, -0.05) is 11.6 Å². The van der Waals surface area contributed by atoms with Crippen molar-refractivity contribution in [3.63, 3.8) is 0 Å². The highest BCUT2D eigenvalue weighted by molar-refractivity contribution is 6.33. The molecule has 0 saturated heterocycles. The van der Waals surface area contributed by atoms with E-state index in [1.165, 1.54) is 6.07 Å². The molecule has 5 heteroatoms. The molecule has 2 rings (SSSR count). The zero-order valence-electron chi connectivity index (χ0n) is 8.11. The van der Waals surface area contributed by atoms with Crippen LogP contribution in [0.2, 0.25) is 5.02 Å². The van der Waals surface area contributed by atoms with Gasteiger partial charge < -0.3 is 15.3 Å². The van der Waals surface area contributed by atoms with Gasteiger partial charge in [-0.25, -0.2) is 4.79 Å². The van der Waals surface area contributed by atoms with Crippen LogP contribution in [0, 0.1) is 0 Å². The van der Waals surface area contributed by atoms with Crippen LogP contribution in [0.25, 0.3) is 11.3 Å². The van der Waals surface area contributed by atoms with Crippen molar-refractivity contribution in [2.45, 2.75) is 0 Å². The lowest BCUT2D eigenvalue weighted by atomic mass is 10.1. The SMILES string of the molecule is Nc1ccc(Cl)c(-c2ccc(C(=O)O)o2)c1. The summed E-state index contributed by atoms with van der Waals surface area (Å²) in [6.07, 6.45) is 0. The Labute approximate surface area is 96.2 Å². The van der Waals surface area contributed by atoms with E-state index in [0.717, 1.165) is 0 Å². The fourth-order valence-electron chi connectivity index (χ4n) is 1.33. The number of benzene rings is 1. The molecule has 0 aliphatic rings. The van der Waals surface area contributed by atoms with Crippen molar-refractivity contribution in [2.75, 3.05) is 5.73 Å². The third-order valence-corrected chi connectivity index (χ3v) is 2.40. The van der Waals surface area contributed by atoms with E-state index in [0.29, 0.717) is 22.0 Å². The van der Waals surface area contributed by atoms with Crippen molar-refractivity contribution in [1.82, 2.24) is 0 Å². The monoisotopic (exact) mass is 237 g/mol. The van der Waals surface area contributed by atoms with Crippen LogP contribution in [0.3, 0.4) is 0 Å². The van der Waals surface area contributed by atoms with Crippen molar-refractivity contribution in [2.24, 2.45) is 0 Å². The molecule has 0 atom stereocenters. The Morgan fingerprint density at radius 2 is 2.06 bits per heavy atom. The molecular formula is C11H8ClNO3. The normalized spacial score (nSPS) is 10.3. The van der Waals surface area contributed by atoms with E-state index in [4.69, 9.17) is 26.9 Å². The second-order valence-electron chi connectivity index (χ2n) is 3.21. The quantitative estimate of drug-likeness (QED) is 0.788. The Morgan fingerprint density at radius 3 is 2.69 bits per heavy atom. The van der Waals surface area contributed by atoms with Crippen LogP contribution >= 0.6 is 11.6 Å². The van der Waals surface area contributed by atoms with Gasteiger partial charge in [0, 0.05) is 11.3 Å². The molecule has 16 heavy (non-hydrogen) atoms. The number of carboxylic acid groups (broad SMARTS) is 1. The number of halogens is 1. The molecule has 0 spiro atoms. The molecule has 3 N–H and O–H groups in total. The molecule has 0 aliphatic heterocycles. The van der Waals surface area contributed by atoms with Crippen LogP contribution in [0.4, 0.5) is 5.69 Å². The number of aromatic carboxylic acids is 1. The maximum atomic E-state index is 10.6. The molecule has 0 unspecified atom stereocenters. The van der Waals surface area contributed by atoms with Crippen LogP contribution in [0.1, 0.15) is 10.6 Å². The van der Waals surface area contributed by atoms with Gasteiger partial charge in [-0.15, -0.1) is 0 Å². The Bertz CT molecular complexity index is 548. The number of nitrogen functional groups attached to an aromatic ring is 1. The Balaban J connectivity index is 2.50. The molecule has 0 bridgehead atoms. The molecule has 0 radical (unpaired) electrons. The number of rotatable bonds is 2. The second-order valence-corrected chi connectivity index (χ2v) is 3.62. The van der Waals surface area contributed by atoms with Gasteiger partial charge in [-0.05, 0) is 30.3 Å². The van der Waals surface area contributed by atoms with Crippen molar-refractivity contribution in [3.05, 3.63) is 41.1 Å². The highest BCUT2D eigenvalue weighted by Crippen LogP contribution is 2.30. The number of nitrogens with two attached hydrogens (primary N) is 1. The third kappa shape index (κ3) is 1.87. The van der Waals surface area contributed by atoms with Crippen LogP contribution in [0.15, 0.2) is 34.7 Å². The van der Waals surface area contributed by atoms with Crippen LogP contribution in [-0.4, -0.2) is 11.1 Å². The summed E-state index contributed by atoms with van der Waals surface area (Å²) in [6, 6.07) is 7.84. The molecule has 1 heterocycles. The number of anilines is 1. The standard InChI is InChI=1S/C11H8ClNO3/c12-8-2-1-6(13)5-7(8)9-3-4-10(16-9)11(14)15/h1-5H,13H2,(H,14,15). The van der Waals surface area contributed by atoms with Gasteiger partial charge in [-0.2, -0.15) is 0 Å². The van der Waals surface area contributed by atoms with Gasteiger partial charge in [0.15, 0.2) is 0 Å². The predicted molar refractivity (Wildman–Crippen MR) is 60.5 cm³/mol. The molecule has 2 aromatic rings. The lowest BCUT2D eigenvalue weighted by Gasteiger charge is -2.01.